The second-order valence-electron chi connectivity index (χ2n) is 5.07. The van der Waals surface area contributed by atoms with Crippen LogP contribution in [0.2, 0.25) is 10.0 Å². The van der Waals surface area contributed by atoms with Crippen molar-refractivity contribution in [3.63, 3.8) is 0 Å². The lowest BCUT2D eigenvalue weighted by molar-refractivity contribution is 0.338. The van der Waals surface area contributed by atoms with E-state index in [9.17, 15) is 5.11 Å². The number of halogens is 2. The zero-order valence-corrected chi connectivity index (χ0v) is 12.6. The van der Waals surface area contributed by atoms with Crippen LogP contribution in [-0.4, -0.2) is 36.2 Å². The summed E-state index contributed by atoms with van der Waals surface area (Å²) in [6, 6.07) is 3.31. The summed E-state index contributed by atoms with van der Waals surface area (Å²) in [6.07, 6.45) is 1.24. The second kappa shape index (κ2) is 6.80. The lowest BCUT2D eigenvalue weighted by atomic mass is 10.1. The first-order valence-electron chi connectivity index (χ1n) is 6.70. The monoisotopic (exact) mass is 302 g/mol. The average molecular weight is 303 g/mol. The molecule has 1 saturated heterocycles. The Morgan fingerprint density at radius 2 is 2.21 bits per heavy atom. The number of phenols is 1. The minimum atomic E-state index is 0.125. The predicted octanol–water partition coefficient (Wildman–Crippen LogP) is 3.13. The van der Waals surface area contributed by atoms with Crippen molar-refractivity contribution in [1.29, 1.82) is 0 Å². The maximum Gasteiger partial charge on any atom is 0.138 e. The van der Waals surface area contributed by atoms with E-state index in [0.29, 0.717) is 22.5 Å². The highest BCUT2D eigenvalue weighted by atomic mass is 35.5. The minimum absolute atomic E-state index is 0.125. The molecule has 0 saturated carbocycles. The molecule has 1 unspecified atom stereocenters. The molecule has 0 spiro atoms. The van der Waals surface area contributed by atoms with E-state index in [4.69, 9.17) is 23.2 Å². The standard InChI is InChI=1S/C14H20Cl2N2O/c1-2-18-4-3-10(9-18)7-17-8-11-5-12(15)6-13(16)14(11)19/h5-6,10,17,19H,2-4,7-9H2,1H3. The van der Waals surface area contributed by atoms with Gasteiger partial charge in [0.2, 0.25) is 0 Å². The number of nitrogens with one attached hydrogen (secondary N) is 1. The fraction of sp³-hybridized carbons (Fsp3) is 0.571. The van der Waals surface area contributed by atoms with Crippen LogP contribution in [0.25, 0.3) is 0 Å². The molecule has 1 aliphatic heterocycles. The summed E-state index contributed by atoms with van der Waals surface area (Å²) >= 11 is 11.8. The number of nitrogens with zero attached hydrogens (tertiary/aromatic N) is 1. The molecule has 0 radical (unpaired) electrons. The Labute approximate surface area is 124 Å². The van der Waals surface area contributed by atoms with Gasteiger partial charge >= 0.3 is 0 Å². The number of phenolic OH excluding ortho intramolecular Hbond substituents is 1. The van der Waals surface area contributed by atoms with Gasteiger partial charge in [0.1, 0.15) is 5.75 Å². The molecule has 1 atom stereocenters. The van der Waals surface area contributed by atoms with E-state index >= 15 is 0 Å². The fourth-order valence-electron chi connectivity index (χ4n) is 2.53. The molecule has 1 fully saturated rings. The summed E-state index contributed by atoms with van der Waals surface area (Å²) in [6.45, 7) is 7.22. The van der Waals surface area contributed by atoms with Crippen molar-refractivity contribution in [2.24, 2.45) is 5.92 Å². The molecule has 0 bridgehead atoms. The summed E-state index contributed by atoms with van der Waals surface area (Å²) in [5, 5.41) is 14.1. The van der Waals surface area contributed by atoms with Gasteiger partial charge in [0.25, 0.3) is 0 Å². The normalized spacial score (nSPS) is 20.1. The van der Waals surface area contributed by atoms with E-state index in [1.807, 2.05) is 0 Å². The van der Waals surface area contributed by atoms with Crippen LogP contribution in [0, 0.1) is 5.92 Å². The number of rotatable bonds is 5. The van der Waals surface area contributed by atoms with E-state index < -0.39 is 0 Å². The third kappa shape index (κ3) is 3.99. The van der Waals surface area contributed by atoms with Gasteiger partial charge in [0.15, 0.2) is 0 Å². The van der Waals surface area contributed by atoms with Crippen molar-refractivity contribution < 1.29 is 5.11 Å². The zero-order valence-electron chi connectivity index (χ0n) is 11.1. The summed E-state index contributed by atoms with van der Waals surface area (Å²) in [5.41, 5.74) is 0.753. The van der Waals surface area contributed by atoms with Crippen LogP contribution in [-0.2, 0) is 6.54 Å². The molecule has 0 amide bonds. The smallest absolute Gasteiger partial charge is 0.138 e. The molecule has 1 aromatic carbocycles. The molecular weight excluding hydrogens is 283 g/mol. The van der Waals surface area contributed by atoms with Crippen molar-refractivity contribution in [2.75, 3.05) is 26.2 Å². The molecule has 0 aliphatic carbocycles. The Morgan fingerprint density at radius 3 is 2.89 bits per heavy atom. The van der Waals surface area contributed by atoms with Gasteiger partial charge in [-0.05, 0) is 44.1 Å². The van der Waals surface area contributed by atoms with Crippen LogP contribution in [0.5, 0.6) is 5.75 Å². The van der Waals surface area contributed by atoms with Gasteiger partial charge < -0.3 is 15.3 Å². The van der Waals surface area contributed by atoms with Crippen LogP contribution >= 0.6 is 23.2 Å². The van der Waals surface area contributed by atoms with Gasteiger partial charge in [-0.15, -0.1) is 0 Å². The molecule has 19 heavy (non-hydrogen) atoms. The molecule has 1 heterocycles. The second-order valence-corrected chi connectivity index (χ2v) is 5.92. The van der Waals surface area contributed by atoms with Crippen LogP contribution in [0.15, 0.2) is 12.1 Å². The molecule has 1 aromatic rings. The first kappa shape index (κ1) is 14.9. The van der Waals surface area contributed by atoms with Crippen LogP contribution in [0.3, 0.4) is 0 Å². The van der Waals surface area contributed by atoms with Crippen molar-refractivity contribution in [3.8, 4) is 5.75 Å². The number of hydrogen-bond donors (Lipinski definition) is 2. The highest BCUT2D eigenvalue weighted by molar-refractivity contribution is 6.35. The van der Waals surface area contributed by atoms with Gasteiger partial charge in [-0.2, -0.15) is 0 Å². The number of aromatic hydroxyl groups is 1. The highest BCUT2D eigenvalue weighted by Crippen LogP contribution is 2.31. The molecule has 1 aliphatic rings. The van der Waals surface area contributed by atoms with E-state index in [-0.39, 0.29) is 5.75 Å². The first-order chi connectivity index (χ1) is 9.10. The topological polar surface area (TPSA) is 35.5 Å². The van der Waals surface area contributed by atoms with E-state index in [2.05, 4.69) is 17.1 Å². The molecular formula is C14H20Cl2N2O. The number of benzene rings is 1. The van der Waals surface area contributed by atoms with Crippen LogP contribution < -0.4 is 5.32 Å². The zero-order chi connectivity index (χ0) is 13.8. The first-order valence-corrected chi connectivity index (χ1v) is 7.45. The van der Waals surface area contributed by atoms with Crippen molar-refractivity contribution >= 4 is 23.2 Å². The predicted molar refractivity (Wildman–Crippen MR) is 80.1 cm³/mol. The molecule has 0 aromatic heterocycles. The van der Waals surface area contributed by atoms with Gasteiger partial charge in [-0.1, -0.05) is 30.1 Å². The highest BCUT2D eigenvalue weighted by Gasteiger charge is 2.20. The fourth-order valence-corrected chi connectivity index (χ4v) is 3.07. The van der Waals surface area contributed by atoms with Gasteiger partial charge in [-0.3, -0.25) is 0 Å². The Balaban J connectivity index is 1.83. The summed E-state index contributed by atoms with van der Waals surface area (Å²) in [5.74, 6) is 0.817. The quantitative estimate of drug-likeness (QED) is 0.877. The Bertz CT molecular complexity index is 440. The number of hydrogen-bond acceptors (Lipinski definition) is 3. The maximum atomic E-state index is 9.86. The van der Waals surface area contributed by atoms with Crippen molar-refractivity contribution in [2.45, 2.75) is 19.9 Å². The van der Waals surface area contributed by atoms with Crippen molar-refractivity contribution in [3.05, 3.63) is 27.7 Å². The maximum absolute atomic E-state index is 9.86. The third-order valence-electron chi connectivity index (χ3n) is 3.67. The molecule has 106 valence electrons. The Morgan fingerprint density at radius 1 is 1.42 bits per heavy atom. The third-order valence-corrected chi connectivity index (χ3v) is 4.18. The summed E-state index contributed by atoms with van der Waals surface area (Å²) in [7, 11) is 0. The Hall–Kier alpha value is -0.480. The Kier molecular flexibility index (Phi) is 5.34. The van der Waals surface area contributed by atoms with E-state index in [0.717, 1.165) is 25.2 Å². The van der Waals surface area contributed by atoms with Gasteiger partial charge in [0, 0.05) is 23.7 Å². The molecule has 2 N–H and O–H groups in total. The lowest BCUT2D eigenvalue weighted by Gasteiger charge is -2.14. The van der Waals surface area contributed by atoms with E-state index in [1.54, 1.807) is 12.1 Å². The molecule has 5 heteroatoms. The van der Waals surface area contributed by atoms with Gasteiger partial charge in [-0.25, -0.2) is 0 Å². The van der Waals surface area contributed by atoms with Gasteiger partial charge in [0.05, 0.1) is 5.02 Å². The minimum Gasteiger partial charge on any atom is -0.506 e. The van der Waals surface area contributed by atoms with Crippen LogP contribution in [0.1, 0.15) is 18.9 Å². The molecule has 2 rings (SSSR count). The number of likely N-dealkylation sites (tertiary alicyclic amines) is 1. The van der Waals surface area contributed by atoms with Crippen molar-refractivity contribution in [1.82, 2.24) is 10.2 Å². The lowest BCUT2D eigenvalue weighted by Crippen LogP contribution is -2.26. The van der Waals surface area contributed by atoms with E-state index in [1.165, 1.54) is 13.0 Å². The summed E-state index contributed by atoms with van der Waals surface area (Å²) < 4.78 is 0. The SMILES string of the molecule is CCN1CCC(CNCc2cc(Cl)cc(Cl)c2O)C1. The van der Waals surface area contributed by atoms with Crippen LogP contribution in [0.4, 0.5) is 0 Å². The summed E-state index contributed by atoms with van der Waals surface area (Å²) in [4.78, 5) is 2.46. The molecule has 3 nitrogen and oxygen atoms in total. The largest absolute Gasteiger partial charge is 0.506 e. The average Bonchev–Trinajstić information content (AvgIpc) is 2.83.